The third kappa shape index (κ3) is 5.09. The van der Waals surface area contributed by atoms with Gasteiger partial charge in [-0.3, -0.25) is 4.79 Å². The van der Waals surface area contributed by atoms with Gasteiger partial charge in [-0.25, -0.2) is 0 Å². The lowest BCUT2D eigenvalue weighted by molar-refractivity contribution is -0.121. The van der Waals surface area contributed by atoms with E-state index in [1.807, 2.05) is 24.3 Å². The Labute approximate surface area is 136 Å². The number of nitrogens with zero attached hydrogens (tertiary/aromatic N) is 2. The molecular formula is C17H23N3O3. The summed E-state index contributed by atoms with van der Waals surface area (Å²) >= 11 is 0. The van der Waals surface area contributed by atoms with Crippen molar-refractivity contribution in [3.05, 3.63) is 30.2 Å². The van der Waals surface area contributed by atoms with E-state index in [1.165, 1.54) is 0 Å². The van der Waals surface area contributed by atoms with Crippen LogP contribution in [-0.4, -0.2) is 29.8 Å². The van der Waals surface area contributed by atoms with Gasteiger partial charge in [0.05, 0.1) is 12.7 Å². The molecule has 1 aromatic carbocycles. The van der Waals surface area contributed by atoms with Crippen molar-refractivity contribution in [2.45, 2.75) is 39.0 Å². The molecule has 0 aliphatic carbocycles. The molecule has 2 aromatic rings. The molecule has 0 saturated carbocycles. The minimum absolute atomic E-state index is 0.0122. The number of para-hydroxylation sites is 1. The minimum atomic E-state index is 0.0122. The van der Waals surface area contributed by atoms with Gasteiger partial charge in [0.2, 0.25) is 11.8 Å². The smallest absolute Gasteiger partial charge is 0.251 e. The second-order valence-electron chi connectivity index (χ2n) is 5.26. The molecule has 1 heterocycles. The number of benzene rings is 1. The summed E-state index contributed by atoms with van der Waals surface area (Å²) in [5.74, 6) is 1.55. The standard InChI is InChI=1S/C17H23N3O3/c1-3-4-7-12-18-15(21)10-11-16-19-20-17(23-16)13-8-5-6-9-14(13)22-2/h5-6,8-9H,3-4,7,10-12H2,1-2H3,(H,18,21). The number of aryl methyl sites for hydroxylation is 1. The Morgan fingerprint density at radius 1 is 1.26 bits per heavy atom. The summed E-state index contributed by atoms with van der Waals surface area (Å²) in [7, 11) is 1.60. The number of carbonyl (C=O) groups is 1. The predicted molar refractivity (Wildman–Crippen MR) is 87.1 cm³/mol. The Morgan fingerprint density at radius 3 is 2.87 bits per heavy atom. The molecule has 0 spiro atoms. The van der Waals surface area contributed by atoms with Gasteiger partial charge >= 0.3 is 0 Å². The van der Waals surface area contributed by atoms with Crippen molar-refractivity contribution in [2.24, 2.45) is 0 Å². The Hall–Kier alpha value is -2.37. The zero-order valence-corrected chi connectivity index (χ0v) is 13.7. The molecule has 0 unspecified atom stereocenters. The quantitative estimate of drug-likeness (QED) is 0.719. The number of amides is 1. The van der Waals surface area contributed by atoms with Crippen LogP contribution in [0.4, 0.5) is 0 Å². The summed E-state index contributed by atoms with van der Waals surface area (Å²) in [4.78, 5) is 11.7. The molecule has 1 N–H and O–H groups in total. The lowest BCUT2D eigenvalue weighted by atomic mass is 10.2. The van der Waals surface area contributed by atoms with Gasteiger partial charge in [-0.15, -0.1) is 10.2 Å². The highest BCUT2D eigenvalue weighted by Gasteiger charge is 2.13. The Balaban J connectivity index is 1.86. The highest BCUT2D eigenvalue weighted by molar-refractivity contribution is 5.76. The van der Waals surface area contributed by atoms with Crippen LogP contribution in [0.15, 0.2) is 28.7 Å². The lowest BCUT2D eigenvalue weighted by Gasteiger charge is -2.03. The maximum atomic E-state index is 11.7. The van der Waals surface area contributed by atoms with E-state index in [1.54, 1.807) is 7.11 Å². The zero-order valence-electron chi connectivity index (χ0n) is 13.7. The first-order valence-corrected chi connectivity index (χ1v) is 7.97. The van der Waals surface area contributed by atoms with Crippen molar-refractivity contribution in [3.8, 4) is 17.2 Å². The first-order chi connectivity index (χ1) is 11.2. The molecule has 124 valence electrons. The maximum Gasteiger partial charge on any atom is 0.251 e. The first-order valence-electron chi connectivity index (χ1n) is 7.97. The number of unbranched alkanes of at least 4 members (excludes halogenated alkanes) is 2. The van der Waals surface area contributed by atoms with E-state index in [-0.39, 0.29) is 5.91 Å². The lowest BCUT2D eigenvalue weighted by Crippen LogP contribution is -2.24. The average molecular weight is 317 g/mol. The van der Waals surface area contributed by atoms with E-state index in [0.29, 0.717) is 30.4 Å². The van der Waals surface area contributed by atoms with Crippen LogP contribution in [0.2, 0.25) is 0 Å². The molecule has 0 aliphatic rings. The van der Waals surface area contributed by atoms with E-state index >= 15 is 0 Å². The van der Waals surface area contributed by atoms with Crippen molar-refractivity contribution >= 4 is 5.91 Å². The van der Waals surface area contributed by atoms with Crippen LogP contribution in [0.3, 0.4) is 0 Å². The van der Waals surface area contributed by atoms with Gasteiger partial charge in [0.25, 0.3) is 5.89 Å². The molecule has 2 rings (SSSR count). The number of aromatic nitrogens is 2. The van der Waals surface area contributed by atoms with Crippen LogP contribution >= 0.6 is 0 Å². The van der Waals surface area contributed by atoms with Crippen LogP contribution in [-0.2, 0) is 11.2 Å². The second kappa shape index (κ2) is 8.92. The number of carbonyl (C=O) groups excluding carboxylic acids is 1. The molecule has 0 fully saturated rings. The summed E-state index contributed by atoms with van der Waals surface area (Å²) in [6, 6.07) is 7.45. The van der Waals surface area contributed by atoms with Crippen LogP contribution in [0.5, 0.6) is 5.75 Å². The highest BCUT2D eigenvalue weighted by atomic mass is 16.5. The van der Waals surface area contributed by atoms with Gasteiger partial charge in [-0.05, 0) is 18.6 Å². The Bertz CT molecular complexity index is 625. The second-order valence-corrected chi connectivity index (χ2v) is 5.26. The van der Waals surface area contributed by atoms with Gasteiger partial charge < -0.3 is 14.5 Å². The number of nitrogens with one attached hydrogen (secondary N) is 1. The molecule has 0 atom stereocenters. The third-order valence-electron chi connectivity index (χ3n) is 3.47. The molecule has 1 aromatic heterocycles. The van der Waals surface area contributed by atoms with Crippen molar-refractivity contribution in [1.82, 2.24) is 15.5 Å². The van der Waals surface area contributed by atoms with Crippen molar-refractivity contribution in [2.75, 3.05) is 13.7 Å². The normalized spacial score (nSPS) is 10.5. The molecule has 0 aliphatic heterocycles. The van der Waals surface area contributed by atoms with E-state index in [9.17, 15) is 4.79 Å². The average Bonchev–Trinajstić information content (AvgIpc) is 3.05. The number of hydrogen-bond acceptors (Lipinski definition) is 5. The molecule has 6 heteroatoms. The SMILES string of the molecule is CCCCCNC(=O)CCc1nnc(-c2ccccc2OC)o1. The third-order valence-corrected chi connectivity index (χ3v) is 3.47. The predicted octanol–water partition coefficient (Wildman–Crippen LogP) is 2.98. The molecule has 1 amide bonds. The molecule has 6 nitrogen and oxygen atoms in total. The molecule has 23 heavy (non-hydrogen) atoms. The van der Waals surface area contributed by atoms with E-state index in [2.05, 4.69) is 22.4 Å². The fourth-order valence-corrected chi connectivity index (χ4v) is 2.20. The van der Waals surface area contributed by atoms with Gasteiger partial charge in [-0.1, -0.05) is 31.9 Å². The van der Waals surface area contributed by atoms with Gasteiger partial charge in [-0.2, -0.15) is 0 Å². The fraction of sp³-hybridized carbons (Fsp3) is 0.471. The molecular weight excluding hydrogens is 294 g/mol. The summed E-state index contributed by atoms with van der Waals surface area (Å²) in [5, 5.41) is 10.9. The van der Waals surface area contributed by atoms with Gasteiger partial charge in [0.15, 0.2) is 0 Å². The Kier molecular flexibility index (Phi) is 6.59. The summed E-state index contributed by atoms with van der Waals surface area (Å²) < 4.78 is 10.9. The topological polar surface area (TPSA) is 77.2 Å². The van der Waals surface area contributed by atoms with E-state index < -0.39 is 0 Å². The molecule has 0 radical (unpaired) electrons. The highest BCUT2D eigenvalue weighted by Crippen LogP contribution is 2.28. The van der Waals surface area contributed by atoms with E-state index in [0.717, 1.165) is 31.4 Å². The first kappa shape index (κ1) is 17.0. The number of hydrogen-bond donors (Lipinski definition) is 1. The number of ether oxygens (including phenoxy) is 1. The molecule has 0 bridgehead atoms. The van der Waals surface area contributed by atoms with Crippen molar-refractivity contribution < 1.29 is 13.9 Å². The summed E-state index contributed by atoms with van der Waals surface area (Å²) in [6.45, 7) is 2.86. The van der Waals surface area contributed by atoms with Crippen molar-refractivity contribution in [3.63, 3.8) is 0 Å². The monoisotopic (exact) mass is 317 g/mol. The maximum absolute atomic E-state index is 11.7. The van der Waals surface area contributed by atoms with Crippen LogP contribution in [0, 0.1) is 0 Å². The van der Waals surface area contributed by atoms with Crippen LogP contribution in [0.1, 0.15) is 38.5 Å². The van der Waals surface area contributed by atoms with Crippen LogP contribution in [0.25, 0.3) is 11.5 Å². The minimum Gasteiger partial charge on any atom is -0.496 e. The Morgan fingerprint density at radius 2 is 2.09 bits per heavy atom. The van der Waals surface area contributed by atoms with Crippen LogP contribution < -0.4 is 10.1 Å². The summed E-state index contributed by atoms with van der Waals surface area (Å²) in [6.07, 6.45) is 4.07. The van der Waals surface area contributed by atoms with Gasteiger partial charge in [0.1, 0.15) is 5.75 Å². The van der Waals surface area contributed by atoms with E-state index in [4.69, 9.17) is 9.15 Å². The van der Waals surface area contributed by atoms with Crippen molar-refractivity contribution in [1.29, 1.82) is 0 Å². The largest absolute Gasteiger partial charge is 0.496 e. The fourth-order valence-electron chi connectivity index (χ4n) is 2.20. The summed E-state index contributed by atoms with van der Waals surface area (Å²) in [5.41, 5.74) is 0.748. The zero-order chi connectivity index (χ0) is 16.5. The van der Waals surface area contributed by atoms with Gasteiger partial charge in [0, 0.05) is 19.4 Å². The molecule has 0 saturated heterocycles. The number of rotatable bonds is 9. The number of methoxy groups -OCH3 is 1.